The minimum absolute atomic E-state index is 0.793. The van der Waals surface area contributed by atoms with Crippen molar-refractivity contribution in [2.45, 2.75) is 46.1 Å². The van der Waals surface area contributed by atoms with Crippen LogP contribution in [0.2, 0.25) is 0 Å². The highest BCUT2D eigenvalue weighted by Gasteiger charge is 2.11. The second-order valence-electron chi connectivity index (χ2n) is 3.56. The SMILES string of the molecule is CCC(CC)N(CC)CCCNC. The molecular weight excluding hydrogens is 160 g/mol. The van der Waals surface area contributed by atoms with Gasteiger partial charge in [0.25, 0.3) is 0 Å². The zero-order valence-corrected chi connectivity index (χ0v) is 9.77. The fraction of sp³-hybridized carbons (Fsp3) is 1.00. The molecule has 80 valence electrons. The summed E-state index contributed by atoms with van der Waals surface area (Å²) in [4.78, 5) is 2.59. The van der Waals surface area contributed by atoms with Crippen LogP contribution in [0.3, 0.4) is 0 Å². The van der Waals surface area contributed by atoms with Crippen LogP contribution in [0.25, 0.3) is 0 Å². The van der Waals surface area contributed by atoms with Crippen molar-refractivity contribution in [1.29, 1.82) is 0 Å². The average Bonchev–Trinajstić information content (AvgIpc) is 2.17. The zero-order valence-electron chi connectivity index (χ0n) is 9.77. The number of hydrogen-bond donors (Lipinski definition) is 1. The van der Waals surface area contributed by atoms with E-state index in [9.17, 15) is 0 Å². The van der Waals surface area contributed by atoms with Gasteiger partial charge in [-0.05, 0) is 45.9 Å². The predicted octanol–water partition coefficient (Wildman–Crippen LogP) is 2.11. The van der Waals surface area contributed by atoms with Crippen molar-refractivity contribution in [3.8, 4) is 0 Å². The topological polar surface area (TPSA) is 15.3 Å². The summed E-state index contributed by atoms with van der Waals surface area (Å²) in [6.07, 6.45) is 3.83. The van der Waals surface area contributed by atoms with Gasteiger partial charge in [-0.25, -0.2) is 0 Å². The van der Waals surface area contributed by atoms with E-state index in [-0.39, 0.29) is 0 Å². The molecule has 2 nitrogen and oxygen atoms in total. The lowest BCUT2D eigenvalue weighted by Crippen LogP contribution is -2.36. The van der Waals surface area contributed by atoms with E-state index < -0.39 is 0 Å². The lowest BCUT2D eigenvalue weighted by Gasteiger charge is -2.29. The Bertz CT molecular complexity index is 100. The molecule has 0 amide bonds. The molecule has 0 spiro atoms. The second kappa shape index (κ2) is 8.52. The van der Waals surface area contributed by atoms with Crippen molar-refractivity contribution in [1.82, 2.24) is 10.2 Å². The maximum absolute atomic E-state index is 3.20. The van der Waals surface area contributed by atoms with E-state index in [2.05, 4.69) is 31.0 Å². The maximum Gasteiger partial charge on any atom is 0.00898 e. The van der Waals surface area contributed by atoms with Crippen molar-refractivity contribution < 1.29 is 0 Å². The van der Waals surface area contributed by atoms with E-state index in [4.69, 9.17) is 0 Å². The summed E-state index contributed by atoms with van der Waals surface area (Å²) in [5.74, 6) is 0. The first kappa shape index (κ1) is 12.9. The van der Waals surface area contributed by atoms with E-state index >= 15 is 0 Å². The van der Waals surface area contributed by atoms with Gasteiger partial charge in [0.1, 0.15) is 0 Å². The molecule has 13 heavy (non-hydrogen) atoms. The molecule has 0 aromatic heterocycles. The smallest absolute Gasteiger partial charge is 0.00898 e. The number of hydrogen-bond acceptors (Lipinski definition) is 2. The van der Waals surface area contributed by atoms with Crippen LogP contribution in [-0.2, 0) is 0 Å². The van der Waals surface area contributed by atoms with Gasteiger partial charge in [0.15, 0.2) is 0 Å². The quantitative estimate of drug-likeness (QED) is 0.584. The van der Waals surface area contributed by atoms with Crippen molar-refractivity contribution in [3.05, 3.63) is 0 Å². The van der Waals surface area contributed by atoms with Crippen molar-refractivity contribution in [2.75, 3.05) is 26.7 Å². The van der Waals surface area contributed by atoms with E-state index in [0.717, 1.165) is 12.6 Å². The molecule has 0 aliphatic heterocycles. The van der Waals surface area contributed by atoms with Gasteiger partial charge >= 0.3 is 0 Å². The van der Waals surface area contributed by atoms with Crippen LogP contribution in [-0.4, -0.2) is 37.6 Å². The van der Waals surface area contributed by atoms with E-state index in [1.54, 1.807) is 0 Å². The van der Waals surface area contributed by atoms with Gasteiger partial charge in [0.05, 0.1) is 0 Å². The lowest BCUT2D eigenvalue weighted by atomic mass is 10.1. The summed E-state index contributed by atoms with van der Waals surface area (Å²) >= 11 is 0. The Morgan fingerprint density at radius 2 is 1.77 bits per heavy atom. The summed E-state index contributed by atoms with van der Waals surface area (Å²) in [5.41, 5.74) is 0. The van der Waals surface area contributed by atoms with Crippen LogP contribution in [0.1, 0.15) is 40.0 Å². The molecule has 0 bridgehead atoms. The van der Waals surface area contributed by atoms with Gasteiger partial charge in [0, 0.05) is 6.04 Å². The molecular formula is C11H26N2. The largest absolute Gasteiger partial charge is 0.320 e. The first-order valence-electron chi connectivity index (χ1n) is 5.68. The fourth-order valence-corrected chi connectivity index (χ4v) is 1.86. The Morgan fingerprint density at radius 3 is 2.15 bits per heavy atom. The lowest BCUT2D eigenvalue weighted by molar-refractivity contribution is 0.193. The Balaban J connectivity index is 3.71. The van der Waals surface area contributed by atoms with Crippen LogP contribution in [0.5, 0.6) is 0 Å². The van der Waals surface area contributed by atoms with Gasteiger partial charge in [-0.3, -0.25) is 0 Å². The molecule has 1 N–H and O–H groups in total. The summed E-state index contributed by atoms with van der Waals surface area (Å²) in [6, 6.07) is 0.793. The highest BCUT2D eigenvalue weighted by molar-refractivity contribution is 4.67. The number of nitrogens with zero attached hydrogens (tertiary/aromatic N) is 1. The molecule has 0 saturated heterocycles. The predicted molar refractivity (Wildman–Crippen MR) is 60.2 cm³/mol. The summed E-state index contributed by atoms with van der Waals surface area (Å²) in [7, 11) is 2.02. The summed E-state index contributed by atoms with van der Waals surface area (Å²) < 4.78 is 0. The van der Waals surface area contributed by atoms with E-state index in [0.29, 0.717) is 0 Å². The van der Waals surface area contributed by atoms with Gasteiger partial charge in [-0.2, -0.15) is 0 Å². The third-order valence-electron chi connectivity index (χ3n) is 2.74. The normalized spacial score (nSPS) is 11.5. The molecule has 0 unspecified atom stereocenters. The standard InChI is InChI=1S/C11H26N2/c1-5-11(6-2)13(7-3)10-8-9-12-4/h11-12H,5-10H2,1-4H3. The molecule has 0 rings (SSSR count). The third-order valence-corrected chi connectivity index (χ3v) is 2.74. The van der Waals surface area contributed by atoms with Crippen LogP contribution >= 0.6 is 0 Å². The zero-order chi connectivity index (χ0) is 10.1. The minimum Gasteiger partial charge on any atom is -0.320 e. The monoisotopic (exact) mass is 186 g/mol. The number of nitrogens with one attached hydrogen (secondary N) is 1. The molecule has 0 heterocycles. The molecule has 0 saturated carbocycles. The van der Waals surface area contributed by atoms with Gasteiger partial charge in [0.2, 0.25) is 0 Å². The molecule has 0 aromatic carbocycles. The second-order valence-corrected chi connectivity index (χ2v) is 3.56. The Kier molecular flexibility index (Phi) is 8.46. The molecule has 0 radical (unpaired) electrons. The molecule has 0 aliphatic rings. The highest BCUT2D eigenvalue weighted by atomic mass is 15.1. The van der Waals surface area contributed by atoms with Crippen LogP contribution in [0, 0.1) is 0 Å². The van der Waals surface area contributed by atoms with Crippen LogP contribution < -0.4 is 5.32 Å². The van der Waals surface area contributed by atoms with Gasteiger partial charge in [-0.15, -0.1) is 0 Å². The molecule has 0 atom stereocenters. The Labute approximate surface area is 83.7 Å². The van der Waals surface area contributed by atoms with E-state index in [1.807, 2.05) is 7.05 Å². The van der Waals surface area contributed by atoms with Crippen LogP contribution in [0.15, 0.2) is 0 Å². The van der Waals surface area contributed by atoms with E-state index in [1.165, 1.54) is 32.4 Å². The third kappa shape index (κ3) is 5.27. The fourth-order valence-electron chi connectivity index (χ4n) is 1.86. The first-order valence-corrected chi connectivity index (χ1v) is 5.68. The maximum atomic E-state index is 3.20. The summed E-state index contributed by atoms with van der Waals surface area (Å²) in [6.45, 7) is 10.4. The highest BCUT2D eigenvalue weighted by Crippen LogP contribution is 2.08. The number of rotatable bonds is 8. The molecule has 0 aromatic rings. The Hall–Kier alpha value is -0.0800. The Morgan fingerprint density at radius 1 is 1.15 bits per heavy atom. The molecule has 0 fully saturated rings. The van der Waals surface area contributed by atoms with Gasteiger partial charge in [-0.1, -0.05) is 20.8 Å². The minimum atomic E-state index is 0.793. The first-order chi connectivity index (χ1) is 6.29. The summed E-state index contributed by atoms with van der Waals surface area (Å²) in [5, 5.41) is 3.20. The van der Waals surface area contributed by atoms with Crippen molar-refractivity contribution in [2.24, 2.45) is 0 Å². The molecule has 2 heteroatoms. The van der Waals surface area contributed by atoms with Crippen LogP contribution in [0.4, 0.5) is 0 Å². The average molecular weight is 186 g/mol. The van der Waals surface area contributed by atoms with Crippen molar-refractivity contribution >= 4 is 0 Å². The van der Waals surface area contributed by atoms with Gasteiger partial charge < -0.3 is 10.2 Å². The molecule has 0 aliphatic carbocycles. The van der Waals surface area contributed by atoms with Crippen molar-refractivity contribution in [3.63, 3.8) is 0 Å².